The van der Waals surface area contributed by atoms with Crippen molar-refractivity contribution in [3.8, 4) is 11.5 Å². The molecule has 2 aromatic rings. The molecule has 1 N–H and O–H groups in total. The van der Waals surface area contributed by atoms with E-state index in [1.165, 1.54) is 11.1 Å². The fourth-order valence-electron chi connectivity index (χ4n) is 2.55. The first kappa shape index (κ1) is 16.4. The van der Waals surface area contributed by atoms with E-state index in [2.05, 4.69) is 36.5 Å². The lowest BCUT2D eigenvalue weighted by Gasteiger charge is -2.15. The first-order chi connectivity index (χ1) is 10.7. The Kier molecular flexibility index (Phi) is 6.28. The highest BCUT2D eigenvalue weighted by atomic mass is 16.5. The number of ether oxygens (including phenoxy) is 2. The lowest BCUT2D eigenvalue weighted by molar-refractivity contribution is 0.408. The summed E-state index contributed by atoms with van der Waals surface area (Å²) in [6, 6.07) is 16.9. The number of hydrogen-bond donors (Lipinski definition) is 1. The van der Waals surface area contributed by atoms with Crippen molar-refractivity contribution in [1.29, 1.82) is 0 Å². The summed E-state index contributed by atoms with van der Waals surface area (Å²) in [4.78, 5) is 0. The van der Waals surface area contributed by atoms with Gasteiger partial charge in [0.1, 0.15) is 11.5 Å². The Bertz CT molecular complexity index is 566. The summed E-state index contributed by atoms with van der Waals surface area (Å²) >= 11 is 0. The molecule has 118 valence electrons. The summed E-state index contributed by atoms with van der Waals surface area (Å²) in [7, 11) is 3.41. The van der Waals surface area contributed by atoms with Crippen LogP contribution in [0.1, 0.15) is 18.1 Å². The minimum absolute atomic E-state index is 0.433. The Balaban J connectivity index is 1.78. The van der Waals surface area contributed by atoms with Crippen LogP contribution in [0.5, 0.6) is 11.5 Å². The second kappa shape index (κ2) is 8.44. The maximum absolute atomic E-state index is 5.38. The van der Waals surface area contributed by atoms with Crippen molar-refractivity contribution < 1.29 is 9.47 Å². The largest absolute Gasteiger partial charge is 0.497 e. The molecule has 0 bridgehead atoms. The normalized spacial score (nSPS) is 12.0. The lowest BCUT2D eigenvalue weighted by Crippen LogP contribution is -2.30. The van der Waals surface area contributed by atoms with Crippen molar-refractivity contribution in [2.24, 2.45) is 0 Å². The van der Waals surface area contributed by atoms with Gasteiger partial charge in [0.15, 0.2) is 0 Å². The third kappa shape index (κ3) is 4.78. The molecule has 0 radical (unpaired) electrons. The molecule has 0 heterocycles. The summed E-state index contributed by atoms with van der Waals surface area (Å²) in [5.41, 5.74) is 2.56. The number of hydrogen-bond acceptors (Lipinski definition) is 3. The van der Waals surface area contributed by atoms with E-state index in [1.54, 1.807) is 14.2 Å². The molecule has 0 aromatic heterocycles. The fraction of sp³-hybridized carbons (Fsp3) is 0.368. The molecule has 0 saturated carbocycles. The van der Waals surface area contributed by atoms with Gasteiger partial charge >= 0.3 is 0 Å². The Hall–Kier alpha value is -2.00. The highest BCUT2D eigenvalue weighted by Gasteiger charge is 2.05. The van der Waals surface area contributed by atoms with Crippen LogP contribution in [0.25, 0.3) is 0 Å². The van der Waals surface area contributed by atoms with E-state index >= 15 is 0 Å². The average Bonchev–Trinajstić information content (AvgIpc) is 2.56. The quantitative estimate of drug-likeness (QED) is 0.809. The molecular weight excluding hydrogens is 274 g/mol. The summed E-state index contributed by atoms with van der Waals surface area (Å²) in [5.74, 6) is 1.87. The molecule has 2 aromatic carbocycles. The van der Waals surface area contributed by atoms with Crippen LogP contribution in [0.15, 0.2) is 48.5 Å². The van der Waals surface area contributed by atoms with Gasteiger partial charge in [0, 0.05) is 6.04 Å². The number of para-hydroxylation sites is 1. The molecule has 0 saturated heterocycles. The predicted octanol–water partition coefficient (Wildman–Crippen LogP) is 3.47. The van der Waals surface area contributed by atoms with Gasteiger partial charge in [-0.15, -0.1) is 0 Å². The van der Waals surface area contributed by atoms with E-state index in [1.807, 2.05) is 24.3 Å². The second-order valence-corrected chi connectivity index (χ2v) is 5.47. The molecule has 1 atom stereocenters. The highest BCUT2D eigenvalue weighted by molar-refractivity contribution is 5.33. The van der Waals surface area contributed by atoms with E-state index in [9.17, 15) is 0 Å². The summed E-state index contributed by atoms with van der Waals surface area (Å²) in [5, 5.41) is 3.57. The minimum Gasteiger partial charge on any atom is -0.497 e. The number of methoxy groups -OCH3 is 2. The van der Waals surface area contributed by atoms with Gasteiger partial charge < -0.3 is 14.8 Å². The van der Waals surface area contributed by atoms with E-state index in [0.29, 0.717) is 6.04 Å². The van der Waals surface area contributed by atoms with Gasteiger partial charge in [0.25, 0.3) is 0 Å². The van der Waals surface area contributed by atoms with Crippen LogP contribution in [-0.4, -0.2) is 26.8 Å². The molecule has 3 heteroatoms. The van der Waals surface area contributed by atoms with E-state index in [-0.39, 0.29) is 0 Å². The van der Waals surface area contributed by atoms with Crippen LogP contribution in [-0.2, 0) is 12.8 Å². The van der Waals surface area contributed by atoms with Gasteiger partial charge in [0.05, 0.1) is 14.2 Å². The molecule has 2 rings (SSSR count). The third-order valence-corrected chi connectivity index (χ3v) is 3.78. The van der Waals surface area contributed by atoms with Gasteiger partial charge in [-0.25, -0.2) is 0 Å². The molecule has 22 heavy (non-hydrogen) atoms. The zero-order valence-corrected chi connectivity index (χ0v) is 13.6. The zero-order valence-electron chi connectivity index (χ0n) is 13.6. The van der Waals surface area contributed by atoms with Crippen molar-refractivity contribution in [2.75, 3.05) is 20.8 Å². The third-order valence-electron chi connectivity index (χ3n) is 3.78. The number of benzene rings is 2. The Morgan fingerprint density at radius 2 is 1.68 bits per heavy atom. The molecule has 0 amide bonds. The van der Waals surface area contributed by atoms with Crippen LogP contribution in [0.3, 0.4) is 0 Å². The van der Waals surface area contributed by atoms with Gasteiger partial charge in [-0.05, 0) is 55.6 Å². The average molecular weight is 299 g/mol. The number of rotatable bonds is 8. The first-order valence-electron chi connectivity index (χ1n) is 7.71. The monoisotopic (exact) mass is 299 g/mol. The van der Waals surface area contributed by atoms with Crippen molar-refractivity contribution >= 4 is 0 Å². The molecular formula is C19H25NO2. The highest BCUT2D eigenvalue weighted by Crippen LogP contribution is 2.17. The molecule has 0 fully saturated rings. The first-order valence-corrected chi connectivity index (χ1v) is 7.71. The lowest BCUT2D eigenvalue weighted by atomic mass is 10.1. The van der Waals surface area contributed by atoms with Crippen molar-refractivity contribution in [3.63, 3.8) is 0 Å². The Labute approximate surface area is 133 Å². The van der Waals surface area contributed by atoms with Crippen LogP contribution in [0, 0.1) is 0 Å². The fourth-order valence-corrected chi connectivity index (χ4v) is 2.55. The number of nitrogens with one attached hydrogen (secondary N) is 1. The Morgan fingerprint density at radius 1 is 0.955 bits per heavy atom. The van der Waals surface area contributed by atoms with E-state index in [4.69, 9.17) is 9.47 Å². The van der Waals surface area contributed by atoms with Crippen molar-refractivity contribution in [1.82, 2.24) is 5.32 Å². The van der Waals surface area contributed by atoms with E-state index < -0.39 is 0 Å². The van der Waals surface area contributed by atoms with Gasteiger partial charge in [-0.2, -0.15) is 0 Å². The van der Waals surface area contributed by atoms with Crippen LogP contribution >= 0.6 is 0 Å². The van der Waals surface area contributed by atoms with Gasteiger partial charge in [0.2, 0.25) is 0 Å². The minimum atomic E-state index is 0.433. The Morgan fingerprint density at radius 3 is 2.36 bits per heavy atom. The van der Waals surface area contributed by atoms with Crippen LogP contribution < -0.4 is 14.8 Å². The van der Waals surface area contributed by atoms with Crippen molar-refractivity contribution in [3.05, 3.63) is 59.7 Å². The van der Waals surface area contributed by atoms with Crippen LogP contribution in [0.2, 0.25) is 0 Å². The molecule has 0 aliphatic heterocycles. The summed E-state index contributed by atoms with van der Waals surface area (Å²) < 4.78 is 10.6. The van der Waals surface area contributed by atoms with Crippen LogP contribution in [0.4, 0.5) is 0 Å². The standard InChI is InChI=1S/C19H25NO2/c1-15(14-16-8-10-18(21-2)11-9-16)20-13-12-17-6-4-5-7-19(17)22-3/h4-11,15,20H,12-14H2,1-3H3/t15-/m0/s1. The predicted molar refractivity (Wildman–Crippen MR) is 90.9 cm³/mol. The maximum Gasteiger partial charge on any atom is 0.122 e. The molecule has 0 unspecified atom stereocenters. The van der Waals surface area contributed by atoms with Gasteiger partial charge in [-0.3, -0.25) is 0 Å². The molecule has 0 spiro atoms. The summed E-state index contributed by atoms with van der Waals surface area (Å²) in [6.45, 7) is 3.16. The van der Waals surface area contributed by atoms with Crippen molar-refractivity contribution in [2.45, 2.75) is 25.8 Å². The topological polar surface area (TPSA) is 30.5 Å². The zero-order chi connectivity index (χ0) is 15.8. The maximum atomic E-state index is 5.38. The molecule has 0 aliphatic carbocycles. The van der Waals surface area contributed by atoms with E-state index in [0.717, 1.165) is 30.9 Å². The molecule has 0 aliphatic rings. The SMILES string of the molecule is COc1ccc(C[C@H](C)NCCc2ccccc2OC)cc1. The smallest absolute Gasteiger partial charge is 0.122 e. The second-order valence-electron chi connectivity index (χ2n) is 5.47. The summed E-state index contributed by atoms with van der Waals surface area (Å²) in [6.07, 6.45) is 1.98. The van der Waals surface area contributed by atoms with Gasteiger partial charge in [-0.1, -0.05) is 30.3 Å². The molecule has 3 nitrogen and oxygen atoms in total.